The molecule has 0 aromatic rings. The van der Waals surface area contributed by atoms with Gasteiger partial charge < -0.3 is 0 Å². The predicted molar refractivity (Wildman–Crippen MR) is 55.1 cm³/mol. The van der Waals surface area contributed by atoms with E-state index in [-0.39, 0.29) is 0 Å². The van der Waals surface area contributed by atoms with Crippen molar-refractivity contribution in [3.8, 4) is 0 Å². The lowest BCUT2D eigenvalue weighted by atomic mass is 9.53. The molecule has 5 unspecified atom stereocenters. The fraction of sp³-hybridized carbons (Fsp3) is 1.00. The molecule has 0 saturated heterocycles. The molecular weight excluding hydrogens is 144 g/mol. The second-order valence-corrected chi connectivity index (χ2v) is 4.75. The lowest BCUT2D eigenvalue weighted by Crippen LogP contribution is -2.46. The topological polar surface area (TPSA) is 0 Å². The molecule has 0 heteroatoms. The van der Waals surface area contributed by atoms with Crippen LogP contribution in [0.25, 0.3) is 0 Å². The fourth-order valence-corrected chi connectivity index (χ4v) is 3.19. The summed E-state index contributed by atoms with van der Waals surface area (Å²) in [5.74, 6) is 4.95. The highest BCUT2D eigenvalue weighted by atomic mass is 14.5. The fourth-order valence-electron chi connectivity index (χ4n) is 3.19. The van der Waals surface area contributed by atoms with Crippen LogP contribution in [-0.2, 0) is 0 Å². The van der Waals surface area contributed by atoms with E-state index in [0.717, 1.165) is 29.6 Å². The molecule has 0 amide bonds. The monoisotopic (exact) mass is 168 g/mol. The van der Waals surface area contributed by atoms with Crippen molar-refractivity contribution in [3.05, 3.63) is 0 Å². The van der Waals surface area contributed by atoms with Crippen molar-refractivity contribution in [1.29, 1.82) is 0 Å². The highest BCUT2D eigenvalue weighted by Gasteiger charge is 2.45. The molecule has 0 aromatic heterocycles. The first-order chi connectivity index (χ1) is 5.63. The second kappa shape index (κ2) is 3.81. The summed E-state index contributed by atoms with van der Waals surface area (Å²) in [6.45, 7) is 12.0. The average Bonchev–Trinajstić information content (AvgIpc) is 2.11. The Bertz CT molecular complexity index is 135. The van der Waals surface area contributed by atoms with Crippen LogP contribution in [0.3, 0.4) is 0 Å². The molecule has 1 rings (SSSR count). The van der Waals surface area contributed by atoms with Gasteiger partial charge in [0, 0.05) is 0 Å². The largest absolute Gasteiger partial charge is 0.0651 e. The summed E-state index contributed by atoms with van der Waals surface area (Å²) >= 11 is 0. The Morgan fingerprint density at radius 3 is 2.08 bits per heavy atom. The third-order valence-corrected chi connectivity index (χ3v) is 4.38. The standard InChI is InChI=1S/C12H24/c1-6-8(3)12-10(5)9(4)11(12)7-2/h8-12H,6-7H2,1-5H3. The van der Waals surface area contributed by atoms with Crippen molar-refractivity contribution in [2.45, 2.75) is 47.5 Å². The SMILES string of the molecule is CCC(C)C1C(C)C(C)C1CC. The second-order valence-electron chi connectivity index (χ2n) is 4.75. The first-order valence-electron chi connectivity index (χ1n) is 5.63. The molecule has 1 fully saturated rings. The van der Waals surface area contributed by atoms with Gasteiger partial charge in [-0.15, -0.1) is 0 Å². The summed E-state index contributed by atoms with van der Waals surface area (Å²) in [5.41, 5.74) is 0. The first kappa shape index (κ1) is 10.1. The van der Waals surface area contributed by atoms with Crippen LogP contribution < -0.4 is 0 Å². The maximum atomic E-state index is 2.44. The third kappa shape index (κ3) is 1.41. The molecule has 0 aromatic carbocycles. The minimum Gasteiger partial charge on any atom is -0.0651 e. The van der Waals surface area contributed by atoms with Crippen LogP contribution in [0.5, 0.6) is 0 Å². The summed E-state index contributed by atoms with van der Waals surface area (Å²) in [4.78, 5) is 0. The van der Waals surface area contributed by atoms with Crippen LogP contribution in [0.4, 0.5) is 0 Å². The molecule has 12 heavy (non-hydrogen) atoms. The summed E-state index contributed by atoms with van der Waals surface area (Å²) in [5, 5.41) is 0. The Labute approximate surface area is 77.7 Å². The normalized spacial score (nSPS) is 43.8. The lowest BCUT2D eigenvalue weighted by molar-refractivity contribution is -0.0375. The number of hydrogen-bond acceptors (Lipinski definition) is 0. The van der Waals surface area contributed by atoms with Crippen LogP contribution >= 0.6 is 0 Å². The van der Waals surface area contributed by atoms with Gasteiger partial charge in [0.2, 0.25) is 0 Å². The number of rotatable bonds is 3. The molecule has 5 atom stereocenters. The van der Waals surface area contributed by atoms with Gasteiger partial charge in [-0.05, 0) is 29.6 Å². The van der Waals surface area contributed by atoms with Crippen molar-refractivity contribution in [1.82, 2.24) is 0 Å². The Kier molecular flexibility index (Phi) is 3.20. The molecule has 0 heterocycles. The van der Waals surface area contributed by atoms with E-state index < -0.39 is 0 Å². The van der Waals surface area contributed by atoms with Gasteiger partial charge in [-0.25, -0.2) is 0 Å². The predicted octanol–water partition coefficient (Wildman–Crippen LogP) is 3.96. The molecule has 1 aliphatic rings. The summed E-state index contributed by atoms with van der Waals surface area (Å²) < 4.78 is 0. The minimum atomic E-state index is 0.946. The molecule has 1 saturated carbocycles. The minimum absolute atomic E-state index is 0.946. The van der Waals surface area contributed by atoms with E-state index in [9.17, 15) is 0 Å². The van der Waals surface area contributed by atoms with E-state index in [0.29, 0.717) is 0 Å². The van der Waals surface area contributed by atoms with Crippen molar-refractivity contribution in [3.63, 3.8) is 0 Å². The van der Waals surface area contributed by atoms with Crippen LogP contribution in [0.1, 0.15) is 47.5 Å². The molecule has 0 nitrogen and oxygen atoms in total. The van der Waals surface area contributed by atoms with Gasteiger partial charge in [-0.2, -0.15) is 0 Å². The molecule has 0 spiro atoms. The molecule has 0 aliphatic heterocycles. The summed E-state index contributed by atoms with van der Waals surface area (Å²) in [7, 11) is 0. The zero-order valence-electron chi connectivity index (χ0n) is 9.30. The molecule has 0 N–H and O–H groups in total. The Morgan fingerprint density at radius 2 is 1.67 bits per heavy atom. The maximum Gasteiger partial charge on any atom is -0.0329 e. The van der Waals surface area contributed by atoms with Gasteiger partial charge in [0.1, 0.15) is 0 Å². The van der Waals surface area contributed by atoms with E-state index in [1.165, 1.54) is 12.8 Å². The van der Waals surface area contributed by atoms with Gasteiger partial charge >= 0.3 is 0 Å². The summed E-state index contributed by atoms with van der Waals surface area (Å²) in [6.07, 6.45) is 2.75. The van der Waals surface area contributed by atoms with Crippen LogP contribution in [0.15, 0.2) is 0 Å². The highest BCUT2D eigenvalue weighted by molar-refractivity contribution is 4.93. The van der Waals surface area contributed by atoms with E-state index in [1.54, 1.807) is 0 Å². The van der Waals surface area contributed by atoms with E-state index in [1.807, 2.05) is 0 Å². The molecule has 0 bridgehead atoms. The van der Waals surface area contributed by atoms with Crippen molar-refractivity contribution < 1.29 is 0 Å². The third-order valence-electron chi connectivity index (χ3n) is 4.38. The molecular formula is C12H24. The Balaban J connectivity index is 2.53. The van der Waals surface area contributed by atoms with Crippen LogP contribution in [0, 0.1) is 29.6 Å². The van der Waals surface area contributed by atoms with E-state index in [2.05, 4.69) is 34.6 Å². The van der Waals surface area contributed by atoms with Crippen LogP contribution in [0.2, 0.25) is 0 Å². The Hall–Kier alpha value is 0. The highest BCUT2D eigenvalue weighted by Crippen LogP contribution is 2.51. The Morgan fingerprint density at radius 1 is 1.08 bits per heavy atom. The first-order valence-corrected chi connectivity index (χ1v) is 5.63. The average molecular weight is 168 g/mol. The van der Waals surface area contributed by atoms with E-state index >= 15 is 0 Å². The molecule has 0 radical (unpaired) electrons. The summed E-state index contributed by atoms with van der Waals surface area (Å²) in [6, 6.07) is 0. The quantitative estimate of drug-likeness (QED) is 0.598. The molecule has 72 valence electrons. The van der Waals surface area contributed by atoms with E-state index in [4.69, 9.17) is 0 Å². The van der Waals surface area contributed by atoms with Crippen molar-refractivity contribution in [2.75, 3.05) is 0 Å². The van der Waals surface area contributed by atoms with Crippen molar-refractivity contribution in [2.24, 2.45) is 29.6 Å². The zero-order chi connectivity index (χ0) is 9.30. The van der Waals surface area contributed by atoms with Crippen molar-refractivity contribution >= 4 is 0 Å². The van der Waals surface area contributed by atoms with Gasteiger partial charge in [-0.1, -0.05) is 47.5 Å². The zero-order valence-corrected chi connectivity index (χ0v) is 9.30. The van der Waals surface area contributed by atoms with Gasteiger partial charge in [0.05, 0.1) is 0 Å². The van der Waals surface area contributed by atoms with Crippen LogP contribution in [-0.4, -0.2) is 0 Å². The molecule has 1 aliphatic carbocycles. The number of hydrogen-bond donors (Lipinski definition) is 0. The van der Waals surface area contributed by atoms with Gasteiger partial charge in [0.15, 0.2) is 0 Å². The maximum absolute atomic E-state index is 2.44. The van der Waals surface area contributed by atoms with Gasteiger partial charge in [0.25, 0.3) is 0 Å². The van der Waals surface area contributed by atoms with Gasteiger partial charge in [-0.3, -0.25) is 0 Å². The smallest absolute Gasteiger partial charge is 0.0329 e. The lowest BCUT2D eigenvalue weighted by Gasteiger charge is -2.52.